The van der Waals surface area contributed by atoms with E-state index in [9.17, 15) is 4.79 Å². The fourth-order valence-corrected chi connectivity index (χ4v) is 4.09. The van der Waals surface area contributed by atoms with Crippen molar-refractivity contribution in [3.63, 3.8) is 0 Å². The van der Waals surface area contributed by atoms with Crippen LogP contribution in [0.15, 0.2) is 42.0 Å². The second-order valence-electron chi connectivity index (χ2n) is 7.33. The van der Waals surface area contributed by atoms with Crippen LogP contribution in [0.3, 0.4) is 0 Å². The lowest BCUT2D eigenvalue weighted by molar-refractivity contribution is -0.132. The van der Waals surface area contributed by atoms with Crippen molar-refractivity contribution in [1.82, 2.24) is 10.6 Å². The van der Waals surface area contributed by atoms with Gasteiger partial charge < -0.3 is 10.6 Å². The molecule has 2 aliphatic rings. The Kier molecular flexibility index (Phi) is 4.86. The van der Waals surface area contributed by atoms with Crippen molar-refractivity contribution in [2.45, 2.75) is 58.0 Å². The quantitative estimate of drug-likeness (QED) is 0.792. The first-order valence-corrected chi connectivity index (χ1v) is 8.82. The highest BCUT2D eigenvalue weighted by molar-refractivity contribution is 5.84. The number of hydrogen-bond acceptors (Lipinski definition) is 2. The Labute approximate surface area is 139 Å². The number of benzene rings is 1. The number of rotatable bonds is 6. The summed E-state index contributed by atoms with van der Waals surface area (Å²) < 4.78 is 0. The van der Waals surface area contributed by atoms with Crippen LogP contribution in [0.4, 0.5) is 0 Å². The molecule has 1 aromatic carbocycles. The molecule has 2 bridgehead atoms. The molecule has 3 atom stereocenters. The molecule has 3 nitrogen and oxygen atoms in total. The van der Waals surface area contributed by atoms with Crippen molar-refractivity contribution in [1.29, 1.82) is 0 Å². The maximum absolute atomic E-state index is 13.0. The van der Waals surface area contributed by atoms with E-state index in [4.69, 9.17) is 0 Å². The maximum Gasteiger partial charge on any atom is 0.228 e. The Morgan fingerprint density at radius 2 is 2.09 bits per heavy atom. The van der Waals surface area contributed by atoms with Crippen LogP contribution in [0.25, 0.3) is 0 Å². The number of fused-ring (bicyclic) bond motifs is 2. The lowest BCUT2D eigenvalue weighted by Crippen LogP contribution is -2.48. The molecule has 2 aliphatic heterocycles. The van der Waals surface area contributed by atoms with Crippen molar-refractivity contribution in [3.05, 3.63) is 47.5 Å². The van der Waals surface area contributed by atoms with E-state index in [0.717, 1.165) is 32.2 Å². The second-order valence-corrected chi connectivity index (χ2v) is 7.33. The third-order valence-corrected chi connectivity index (χ3v) is 5.39. The van der Waals surface area contributed by atoms with Gasteiger partial charge in [-0.05, 0) is 51.5 Å². The molecular formula is C20H28N2O. The molecule has 3 heteroatoms. The highest BCUT2D eigenvalue weighted by atomic mass is 16.2. The van der Waals surface area contributed by atoms with Gasteiger partial charge in [0.2, 0.25) is 5.91 Å². The Morgan fingerprint density at radius 3 is 2.70 bits per heavy atom. The van der Waals surface area contributed by atoms with Gasteiger partial charge in [0.15, 0.2) is 0 Å². The van der Waals surface area contributed by atoms with Crippen molar-refractivity contribution in [2.75, 3.05) is 6.54 Å². The normalized spacial score (nSPS) is 28.6. The number of carbonyl (C=O) groups excluding carboxylic acids is 1. The fraction of sp³-hybridized carbons (Fsp3) is 0.550. The van der Waals surface area contributed by atoms with E-state index in [-0.39, 0.29) is 11.3 Å². The highest BCUT2D eigenvalue weighted by Gasteiger charge is 2.54. The summed E-state index contributed by atoms with van der Waals surface area (Å²) >= 11 is 0. The van der Waals surface area contributed by atoms with Gasteiger partial charge in [-0.1, -0.05) is 42.0 Å². The van der Waals surface area contributed by atoms with Crippen LogP contribution in [-0.4, -0.2) is 24.5 Å². The van der Waals surface area contributed by atoms with Gasteiger partial charge in [0, 0.05) is 18.6 Å². The third-order valence-electron chi connectivity index (χ3n) is 5.39. The molecule has 23 heavy (non-hydrogen) atoms. The first-order valence-electron chi connectivity index (χ1n) is 8.82. The van der Waals surface area contributed by atoms with Gasteiger partial charge in [-0.25, -0.2) is 0 Å². The molecule has 2 fully saturated rings. The highest BCUT2D eigenvalue weighted by Crippen LogP contribution is 2.46. The number of nitrogens with one attached hydrogen (secondary N) is 2. The molecule has 0 aliphatic carbocycles. The molecule has 124 valence electrons. The largest absolute Gasteiger partial charge is 0.355 e. The van der Waals surface area contributed by atoms with Crippen LogP contribution >= 0.6 is 0 Å². The second kappa shape index (κ2) is 6.88. The van der Waals surface area contributed by atoms with E-state index < -0.39 is 0 Å². The van der Waals surface area contributed by atoms with Crippen LogP contribution in [0.2, 0.25) is 0 Å². The molecule has 0 spiro atoms. The minimum atomic E-state index is -0.239. The minimum Gasteiger partial charge on any atom is -0.355 e. The predicted molar refractivity (Wildman–Crippen MR) is 94.2 cm³/mol. The predicted octanol–water partition coefficient (Wildman–Crippen LogP) is 3.21. The molecular weight excluding hydrogens is 284 g/mol. The zero-order valence-electron chi connectivity index (χ0n) is 14.3. The molecule has 3 rings (SSSR count). The lowest BCUT2D eigenvalue weighted by atomic mass is 9.70. The standard InChI is InChI=1S/C20H28N2O/c1-15(2)10-12-20(14-17-8-9-18(20)22-17)19(23)21-13-11-16-6-4-3-5-7-16/h3-7,10,17-18,22H,8-9,11-14H2,1-2H3,(H,21,23)/t17-,18+,20+/m1/s1. The molecule has 1 aromatic rings. The van der Waals surface area contributed by atoms with Crippen LogP contribution in [-0.2, 0) is 11.2 Å². The van der Waals surface area contributed by atoms with E-state index in [2.05, 4.69) is 42.7 Å². The summed E-state index contributed by atoms with van der Waals surface area (Å²) in [4.78, 5) is 13.0. The monoisotopic (exact) mass is 312 g/mol. The first-order chi connectivity index (χ1) is 11.1. The molecule has 0 unspecified atom stereocenters. The van der Waals surface area contributed by atoms with Gasteiger partial charge in [-0.2, -0.15) is 0 Å². The van der Waals surface area contributed by atoms with Crippen molar-refractivity contribution in [3.8, 4) is 0 Å². The molecule has 1 amide bonds. The van der Waals surface area contributed by atoms with Crippen molar-refractivity contribution >= 4 is 5.91 Å². The van der Waals surface area contributed by atoms with Gasteiger partial charge in [-0.15, -0.1) is 0 Å². The summed E-state index contributed by atoms with van der Waals surface area (Å²) in [7, 11) is 0. The van der Waals surface area contributed by atoms with E-state index in [1.165, 1.54) is 17.6 Å². The summed E-state index contributed by atoms with van der Waals surface area (Å²) in [5, 5.41) is 6.86. The average Bonchev–Trinajstić information content (AvgIpc) is 3.15. The van der Waals surface area contributed by atoms with E-state index >= 15 is 0 Å². The molecule has 2 heterocycles. The third kappa shape index (κ3) is 3.50. The van der Waals surface area contributed by atoms with E-state index in [1.807, 2.05) is 18.2 Å². The first kappa shape index (κ1) is 16.3. The summed E-state index contributed by atoms with van der Waals surface area (Å²) in [6.45, 7) is 4.94. The number of carbonyl (C=O) groups is 1. The van der Waals surface area contributed by atoms with Crippen LogP contribution in [0.1, 0.15) is 45.1 Å². The summed E-state index contributed by atoms with van der Waals surface area (Å²) in [6.07, 6.45) is 7.33. The van der Waals surface area contributed by atoms with Crippen molar-refractivity contribution in [2.24, 2.45) is 5.41 Å². The van der Waals surface area contributed by atoms with Gasteiger partial charge in [0.05, 0.1) is 5.41 Å². The minimum absolute atomic E-state index is 0.239. The molecule has 0 saturated carbocycles. The Hall–Kier alpha value is -1.61. The molecule has 2 saturated heterocycles. The average molecular weight is 312 g/mol. The molecule has 0 radical (unpaired) electrons. The Bertz CT molecular complexity index is 577. The topological polar surface area (TPSA) is 41.1 Å². The SMILES string of the molecule is CC(C)=CC[C@]1(C(=O)NCCc2ccccc2)C[C@H]2CC[C@@H]1N2. The molecule has 0 aromatic heterocycles. The Morgan fingerprint density at radius 1 is 1.30 bits per heavy atom. The lowest BCUT2D eigenvalue weighted by Gasteiger charge is -2.34. The van der Waals surface area contributed by atoms with Gasteiger partial charge >= 0.3 is 0 Å². The summed E-state index contributed by atoms with van der Waals surface area (Å²) in [6, 6.07) is 11.2. The fourth-order valence-electron chi connectivity index (χ4n) is 4.09. The summed E-state index contributed by atoms with van der Waals surface area (Å²) in [5.74, 6) is 0.241. The summed E-state index contributed by atoms with van der Waals surface area (Å²) in [5.41, 5.74) is 2.33. The van der Waals surface area contributed by atoms with Crippen molar-refractivity contribution < 1.29 is 4.79 Å². The zero-order chi connectivity index (χ0) is 16.3. The van der Waals surface area contributed by atoms with Crippen LogP contribution in [0, 0.1) is 5.41 Å². The zero-order valence-corrected chi connectivity index (χ0v) is 14.3. The van der Waals surface area contributed by atoms with Crippen LogP contribution < -0.4 is 10.6 Å². The van der Waals surface area contributed by atoms with Crippen LogP contribution in [0.5, 0.6) is 0 Å². The van der Waals surface area contributed by atoms with Gasteiger partial charge in [0.25, 0.3) is 0 Å². The maximum atomic E-state index is 13.0. The molecule has 2 N–H and O–H groups in total. The van der Waals surface area contributed by atoms with Gasteiger partial charge in [0.1, 0.15) is 0 Å². The van der Waals surface area contributed by atoms with Gasteiger partial charge in [-0.3, -0.25) is 4.79 Å². The number of hydrogen-bond donors (Lipinski definition) is 2. The van der Waals surface area contributed by atoms with E-state index in [0.29, 0.717) is 12.1 Å². The Balaban J connectivity index is 1.63. The number of amides is 1. The van der Waals surface area contributed by atoms with E-state index in [1.54, 1.807) is 0 Å². The smallest absolute Gasteiger partial charge is 0.228 e. The number of allylic oxidation sites excluding steroid dienone is 2.